The molecule has 7 heteroatoms. The number of allylic oxidation sites excluding steroid dienone is 2. The van der Waals surface area contributed by atoms with Gasteiger partial charge in [-0.2, -0.15) is 0 Å². The highest BCUT2D eigenvalue weighted by molar-refractivity contribution is 6.06. The highest BCUT2D eigenvalue weighted by Crippen LogP contribution is 2.52. The molecule has 2 bridgehead atoms. The van der Waals surface area contributed by atoms with Gasteiger partial charge in [-0.25, -0.2) is 4.99 Å². The van der Waals surface area contributed by atoms with E-state index in [1.807, 2.05) is 37.3 Å². The highest BCUT2D eigenvalue weighted by Gasteiger charge is 2.58. The Labute approximate surface area is 181 Å². The van der Waals surface area contributed by atoms with Gasteiger partial charge < -0.3 is 10.6 Å². The minimum Gasteiger partial charge on any atom is -0.357 e. The van der Waals surface area contributed by atoms with E-state index in [1.54, 1.807) is 6.20 Å². The molecule has 3 aliphatic rings. The number of benzene rings is 1. The van der Waals surface area contributed by atoms with Crippen LogP contribution in [0.15, 0.2) is 53.7 Å². The summed E-state index contributed by atoms with van der Waals surface area (Å²) in [4.78, 5) is 36.2. The summed E-state index contributed by atoms with van der Waals surface area (Å²) in [5.74, 6) is 0.882. The van der Waals surface area contributed by atoms with Crippen molar-refractivity contribution in [3.63, 3.8) is 0 Å². The molecular formula is C24H27N5O2. The van der Waals surface area contributed by atoms with Crippen molar-refractivity contribution in [3.8, 4) is 0 Å². The van der Waals surface area contributed by atoms with Crippen LogP contribution in [0.5, 0.6) is 0 Å². The zero-order valence-electron chi connectivity index (χ0n) is 17.6. The van der Waals surface area contributed by atoms with Gasteiger partial charge in [-0.1, -0.05) is 36.4 Å². The van der Waals surface area contributed by atoms with Crippen LogP contribution in [-0.4, -0.2) is 47.3 Å². The Balaban J connectivity index is 1.22. The number of carbonyl (C=O) groups excluding carboxylic acids is 2. The molecule has 2 N–H and O–H groups in total. The van der Waals surface area contributed by atoms with Gasteiger partial charge in [-0.3, -0.25) is 19.5 Å². The lowest BCUT2D eigenvalue weighted by Gasteiger charge is -2.18. The first-order valence-electron chi connectivity index (χ1n) is 11.1. The molecule has 4 unspecified atom stereocenters. The number of nitrogens with one attached hydrogen (secondary N) is 2. The number of hydrogen-bond acceptors (Lipinski definition) is 4. The highest BCUT2D eigenvalue weighted by atomic mass is 16.2. The van der Waals surface area contributed by atoms with E-state index >= 15 is 0 Å². The maximum absolute atomic E-state index is 12.8. The second kappa shape index (κ2) is 8.13. The Morgan fingerprint density at radius 2 is 1.84 bits per heavy atom. The Hall–Kier alpha value is -3.22. The van der Waals surface area contributed by atoms with Crippen LogP contribution in [0.4, 0.5) is 0 Å². The third-order valence-electron chi connectivity index (χ3n) is 6.66. The number of fused-ring (bicyclic) bond motifs is 6. The lowest BCUT2D eigenvalue weighted by atomic mass is 9.85. The average molecular weight is 418 g/mol. The summed E-state index contributed by atoms with van der Waals surface area (Å²) >= 11 is 0. The number of aliphatic imine (C=N–C) groups is 1. The first-order chi connectivity index (χ1) is 15.2. The molecule has 2 aliphatic carbocycles. The van der Waals surface area contributed by atoms with E-state index in [2.05, 4.69) is 32.8 Å². The van der Waals surface area contributed by atoms with Crippen molar-refractivity contribution < 1.29 is 9.59 Å². The minimum atomic E-state index is -0.136. The minimum absolute atomic E-state index is 0.00239. The molecule has 1 aromatic carbocycles. The van der Waals surface area contributed by atoms with Gasteiger partial charge in [0.1, 0.15) is 0 Å². The second-order valence-corrected chi connectivity index (χ2v) is 8.44. The van der Waals surface area contributed by atoms with Crippen LogP contribution in [0.1, 0.15) is 18.9 Å². The van der Waals surface area contributed by atoms with Gasteiger partial charge in [0.2, 0.25) is 11.8 Å². The Morgan fingerprint density at radius 3 is 2.58 bits per heavy atom. The van der Waals surface area contributed by atoms with Crippen LogP contribution in [0.25, 0.3) is 10.9 Å². The summed E-state index contributed by atoms with van der Waals surface area (Å²) in [6.45, 7) is 4.06. The number of imide groups is 1. The van der Waals surface area contributed by atoms with Gasteiger partial charge in [0, 0.05) is 31.2 Å². The molecule has 0 radical (unpaired) electrons. The third kappa shape index (κ3) is 3.48. The van der Waals surface area contributed by atoms with Gasteiger partial charge in [-0.05, 0) is 36.8 Å². The fourth-order valence-corrected chi connectivity index (χ4v) is 5.27. The van der Waals surface area contributed by atoms with Gasteiger partial charge in [0.05, 0.1) is 23.9 Å². The van der Waals surface area contributed by atoms with E-state index in [9.17, 15) is 9.59 Å². The molecule has 31 heavy (non-hydrogen) atoms. The number of guanidine groups is 1. The normalized spacial score (nSPS) is 26.7. The van der Waals surface area contributed by atoms with E-state index in [0.29, 0.717) is 25.6 Å². The molecule has 2 amide bonds. The maximum Gasteiger partial charge on any atom is 0.233 e. The van der Waals surface area contributed by atoms with Crippen molar-refractivity contribution >= 4 is 28.7 Å². The Bertz CT molecular complexity index is 1040. The standard InChI is InChI=1S/C24H27N5O2/c1-2-25-24(28-14-18-6-3-5-15-7-4-10-26-21(15)18)27-11-12-29-22(30)19-16-8-9-17(13-16)20(19)23(29)31/h3-10,16-17,19-20H,2,11-14H2,1H3,(H2,25,27,28). The maximum atomic E-state index is 12.8. The number of nitrogens with zero attached hydrogens (tertiary/aromatic N) is 3. The fraction of sp³-hybridized carbons (Fsp3) is 0.417. The topological polar surface area (TPSA) is 86.7 Å². The van der Waals surface area contributed by atoms with Crippen LogP contribution in [0, 0.1) is 23.7 Å². The fourth-order valence-electron chi connectivity index (χ4n) is 5.27. The molecule has 160 valence electrons. The predicted octanol–water partition coefficient (Wildman–Crippen LogP) is 2.10. The van der Waals surface area contributed by atoms with E-state index in [0.717, 1.165) is 29.4 Å². The Kier molecular flexibility index (Phi) is 5.18. The molecule has 2 aromatic rings. The van der Waals surface area contributed by atoms with Crippen LogP contribution >= 0.6 is 0 Å². The molecule has 5 rings (SSSR count). The zero-order valence-corrected chi connectivity index (χ0v) is 17.6. The van der Waals surface area contributed by atoms with E-state index in [1.165, 1.54) is 4.90 Å². The number of rotatable bonds is 6. The van der Waals surface area contributed by atoms with Gasteiger partial charge in [0.15, 0.2) is 5.96 Å². The molecule has 1 saturated heterocycles. The van der Waals surface area contributed by atoms with Crippen molar-refractivity contribution in [1.29, 1.82) is 0 Å². The number of aromatic nitrogens is 1. The third-order valence-corrected chi connectivity index (χ3v) is 6.66. The van der Waals surface area contributed by atoms with Crippen LogP contribution in [0.2, 0.25) is 0 Å². The number of pyridine rings is 1. The summed E-state index contributed by atoms with van der Waals surface area (Å²) in [7, 11) is 0. The van der Waals surface area contributed by atoms with Crippen molar-refractivity contribution in [2.45, 2.75) is 19.9 Å². The number of para-hydroxylation sites is 1. The predicted molar refractivity (Wildman–Crippen MR) is 119 cm³/mol. The smallest absolute Gasteiger partial charge is 0.233 e. The summed E-state index contributed by atoms with van der Waals surface area (Å²) in [5, 5.41) is 7.59. The number of hydrogen-bond donors (Lipinski definition) is 2. The molecule has 2 fully saturated rings. The SMILES string of the molecule is CCNC(=NCc1cccc2cccnc12)NCCN1C(=O)C2C3C=CC(C3)C2C1=O. The van der Waals surface area contributed by atoms with Crippen LogP contribution in [-0.2, 0) is 16.1 Å². The van der Waals surface area contributed by atoms with Gasteiger partial charge in [0.25, 0.3) is 0 Å². The summed E-state index contributed by atoms with van der Waals surface area (Å²) in [5.41, 5.74) is 2.00. The van der Waals surface area contributed by atoms with Crippen LogP contribution < -0.4 is 10.6 Å². The molecule has 1 saturated carbocycles. The van der Waals surface area contributed by atoms with E-state index in [4.69, 9.17) is 0 Å². The Morgan fingerprint density at radius 1 is 1.10 bits per heavy atom. The van der Waals surface area contributed by atoms with Gasteiger partial charge >= 0.3 is 0 Å². The summed E-state index contributed by atoms with van der Waals surface area (Å²) < 4.78 is 0. The molecule has 7 nitrogen and oxygen atoms in total. The van der Waals surface area contributed by atoms with Crippen molar-refractivity contribution in [3.05, 3.63) is 54.2 Å². The molecule has 1 aliphatic heterocycles. The lowest BCUT2D eigenvalue weighted by molar-refractivity contribution is -0.140. The van der Waals surface area contributed by atoms with Crippen LogP contribution in [0.3, 0.4) is 0 Å². The molecule has 1 aromatic heterocycles. The quantitative estimate of drug-likeness (QED) is 0.325. The monoisotopic (exact) mass is 417 g/mol. The average Bonchev–Trinajstić information content (AvgIpc) is 3.47. The number of amides is 2. The second-order valence-electron chi connectivity index (χ2n) is 8.44. The van der Waals surface area contributed by atoms with Crippen molar-refractivity contribution in [2.24, 2.45) is 28.7 Å². The largest absolute Gasteiger partial charge is 0.357 e. The number of carbonyl (C=O) groups is 2. The summed E-state index contributed by atoms with van der Waals surface area (Å²) in [6.07, 6.45) is 6.99. The van der Waals surface area contributed by atoms with E-state index in [-0.39, 0.29) is 35.5 Å². The molecular weight excluding hydrogens is 390 g/mol. The number of likely N-dealkylation sites (tertiary alicyclic amines) is 1. The zero-order chi connectivity index (χ0) is 21.4. The molecule has 4 atom stereocenters. The first kappa shape index (κ1) is 19.7. The van der Waals surface area contributed by atoms with Crippen molar-refractivity contribution in [2.75, 3.05) is 19.6 Å². The first-order valence-corrected chi connectivity index (χ1v) is 11.1. The lowest BCUT2D eigenvalue weighted by Crippen LogP contribution is -2.43. The molecule has 2 heterocycles. The van der Waals surface area contributed by atoms with Gasteiger partial charge in [-0.15, -0.1) is 0 Å². The molecule has 0 spiro atoms. The van der Waals surface area contributed by atoms with Crippen molar-refractivity contribution in [1.82, 2.24) is 20.5 Å². The summed E-state index contributed by atoms with van der Waals surface area (Å²) in [6, 6.07) is 10.1. The van der Waals surface area contributed by atoms with E-state index < -0.39 is 0 Å².